The van der Waals surface area contributed by atoms with Crippen LogP contribution in [0.5, 0.6) is 0 Å². The van der Waals surface area contributed by atoms with Gasteiger partial charge in [-0.1, -0.05) is 48.3 Å². The van der Waals surface area contributed by atoms with Gasteiger partial charge in [-0.15, -0.1) is 0 Å². The molecule has 0 saturated carbocycles. The van der Waals surface area contributed by atoms with Gasteiger partial charge in [-0.3, -0.25) is 4.79 Å². The van der Waals surface area contributed by atoms with E-state index in [9.17, 15) is 14.7 Å². The van der Waals surface area contributed by atoms with Gasteiger partial charge in [0.2, 0.25) is 0 Å². The van der Waals surface area contributed by atoms with Crippen molar-refractivity contribution in [2.45, 2.75) is 19.4 Å². The highest BCUT2D eigenvalue weighted by molar-refractivity contribution is 6.31. The Bertz CT molecular complexity index is 926. The van der Waals surface area contributed by atoms with Crippen molar-refractivity contribution in [1.82, 2.24) is 0 Å². The van der Waals surface area contributed by atoms with E-state index in [-0.39, 0.29) is 5.76 Å². The Morgan fingerprint density at radius 3 is 2.63 bits per heavy atom. The standard InChI is InChI=1S/C20H17Cl2NO4/c1-2-9-23-16-8-7-12(21)10-14(16)19(13-5-3-4-6-15(13)22)27-17(20(23)26)11-18(24)25/h3-8,10-11,19H,2,9H2,1H3,(H,24,25)/b17-11-. The number of rotatable bonds is 4. The van der Waals surface area contributed by atoms with Crippen LogP contribution in [0.25, 0.3) is 0 Å². The second kappa shape index (κ2) is 8.03. The molecule has 3 rings (SSSR count). The van der Waals surface area contributed by atoms with Crippen molar-refractivity contribution in [2.75, 3.05) is 11.4 Å². The Morgan fingerprint density at radius 2 is 1.96 bits per heavy atom. The zero-order valence-corrected chi connectivity index (χ0v) is 16.0. The zero-order valence-electron chi connectivity index (χ0n) is 14.5. The number of carbonyl (C=O) groups is 2. The van der Waals surface area contributed by atoms with E-state index >= 15 is 0 Å². The number of carbonyl (C=O) groups excluding carboxylic acids is 1. The molecule has 0 bridgehead atoms. The van der Waals surface area contributed by atoms with Crippen LogP contribution in [0.3, 0.4) is 0 Å². The Hall–Kier alpha value is -2.50. The predicted molar refractivity (Wildman–Crippen MR) is 104 cm³/mol. The molecule has 0 aliphatic carbocycles. The Balaban J connectivity index is 2.27. The fraction of sp³-hybridized carbons (Fsp3) is 0.200. The highest BCUT2D eigenvalue weighted by Crippen LogP contribution is 2.42. The van der Waals surface area contributed by atoms with Crippen LogP contribution in [0.1, 0.15) is 30.6 Å². The first-order valence-corrected chi connectivity index (χ1v) is 9.15. The molecule has 0 fully saturated rings. The van der Waals surface area contributed by atoms with E-state index in [1.54, 1.807) is 42.5 Å². The van der Waals surface area contributed by atoms with Gasteiger partial charge in [0.25, 0.3) is 5.91 Å². The third kappa shape index (κ3) is 3.94. The molecule has 7 heteroatoms. The van der Waals surface area contributed by atoms with Gasteiger partial charge in [-0.2, -0.15) is 0 Å². The van der Waals surface area contributed by atoms with E-state index in [1.807, 2.05) is 6.92 Å². The lowest BCUT2D eigenvalue weighted by molar-refractivity contribution is -0.132. The van der Waals surface area contributed by atoms with Crippen LogP contribution in [0.4, 0.5) is 5.69 Å². The van der Waals surface area contributed by atoms with E-state index in [0.29, 0.717) is 39.8 Å². The Morgan fingerprint density at radius 1 is 1.22 bits per heavy atom. The average Bonchev–Trinajstić information content (AvgIpc) is 2.72. The largest absolute Gasteiger partial charge is 0.478 e. The first kappa shape index (κ1) is 19.3. The minimum absolute atomic E-state index is 0.256. The molecule has 1 aliphatic heterocycles. The minimum Gasteiger partial charge on any atom is -0.478 e. The van der Waals surface area contributed by atoms with E-state index in [0.717, 1.165) is 6.08 Å². The second-order valence-corrected chi connectivity index (χ2v) is 6.87. The lowest BCUT2D eigenvalue weighted by Gasteiger charge is -2.22. The third-order valence-corrected chi connectivity index (χ3v) is 4.73. The number of aliphatic carboxylic acids is 1. The number of carboxylic acid groups (broad SMARTS) is 1. The zero-order chi connectivity index (χ0) is 19.6. The summed E-state index contributed by atoms with van der Waals surface area (Å²) in [5, 5.41) is 10.1. The predicted octanol–water partition coefficient (Wildman–Crippen LogP) is 4.82. The SMILES string of the molecule is CCCN1C(=O)/C(=C/C(=O)O)OC(c2ccccc2Cl)c2cc(Cl)ccc21. The molecule has 2 aromatic carbocycles. The molecule has 0 aromatic heterocycles. The number of amides is 1. The first-order chi connectivity index (χ1) is 12.9. The molecule has 5 nitrogen and oxygen atoms in total. The number of carboxylic acids is 1. The molecule has 0 radical (unpaired) electrons. The molecular weight excluding hydrogens is 389 g/mol. The van der Waals surface area contributed by atoms with Crippen molar-refractivity contribution in [3.05, 3.63) is 75.5 Å². The maximum Gasteiger partial charge on any atom is 0.332 e. The van der Waals surface area contributed by atoms with Gasteiger partial charge in [-0.25, -0.2) is 4.79 Å². The second-order valence-electron chi connectivity index (χ2n) is 6.03. The molecule has 1 N–H and O–H groups in total. The molecule has 0 spiro atoms. The maximum atomic E-state index is 13.0. The minimum atomic E-state index is -1.27. The number of hydrogen-bond donors (Lipinski definition) is 1. The molecule has 2 aromatic rings. The van der Waals surface area contributed by atoms with Crippen molar-refractivity contribution in [3.63, 3.8) is 0 Å². The summed E-state index contributed by atoms with van der Waals surface area (Å²) in [6, 6.07) is 12.2. The molecule has 0 saturated heterocycles. The molecule has 1 amide bonds. The number of anilines is 1. The number of halogens is 2. The summed E-state index contributed by atoms with van der Waals surface area (Å²) >= 11 is 12.6. The normalized spacial score (nSPS) is 18.0. The monoisotopic (exact) mass is 405 g/mol. The van der Waals surface area contributed by atoms with E-state index in [1.165, 1.54) is 4.90 Å². The summed E-state index contributed by atoms with van der Waals surface area (Å²) in [5.74, 6) is -2.04. The third-order valence-electron chi connectivity index (χ3n) is 4.15. The van der Waals surface area contributed by atoms with Gasteiger partial charge in [0.15, 0.2) is 11.9 Å². The molecule has 27 heavy (non-hydrogen) atoms. The van der Waals surface area contributed by atoms with E-state index in [2.05, 4.69) is 0 Å². The molecule has 1 atom stereocenters. The van der Waals surface area contributed by atoms with Crippen LogP contribution in [-0.2, 0) is 14.3 Å². The van der Waals surface area contributed by atoms with Crippen LogP contribution < -0.4 is 4.90 Å². The lowest BCUT2D eigenvalue weighted by atomic mass is 9.99. The van der Waals surface area contributed by atoms with Gasteiger partial charge >= 0.3 is 5.97 Å². The summed E-state index contributed by atoms with van der Waals surface area (Å²) in [4.78, 5) is 25.7. The van der Waals surface area contributed by atoms with E-state index < -0.39 is 18.0 Å². The number of ether oxygens (including phenoxy) is 1. The fourth-order valence-corrected chi connectivity index (χ4v) is 3.45. The highest BCUT2D eigenvalue weighted by Gasteiger charge is 2.34. The van der Waals surface area contributed by atoms with Gasteiger partial charge in [0, 0.05) is 27.7 Å². The average molecular weight is 406 g/mol. The van der Waals surface area contributed by atoms with Gasteiger partial charge in [-0.05, 0) is 30.7 Å². The van der Waals surface area contributed by atoms with Crippen LogP contribution in [-0.4, -0.2) is 23.5 Å². The van der Waals surface area contributed by atoms with Gasteiger partial charge in [0.05, 0.1) is 11.8 Å². The van der Waals surface area contributed by atoms with Crippen LogP contribution in [0, 0.1) is 0 Å². The van der Waals surface area contributed by atoms with Gasteiger partial charge < -0.3 is 14.7 Å². The molecule has 1 aliphatic rings. The topological polar surface area (TPSA) is 66.8 Å². The van der Waals surface area contributed by atoms with Crippen LogP contribution in [0.15, 0.2) is 54.3 Å². The fourth-order valence-electron chi connectivity index (χ4n) is 3.04. The van der Waals surface area contributed by atoms with Crippen molar-refractivity contribution >= 4 is 40.8 Å². The smallest absolute Gasteiger partial charge is 0.332 e. The summed E-state index contributed by atoms with van der Waals surface area (Å²) in [6.07, 6.45) is 0.691. The number of hydrogen-bond acceptors (Lipinski definition) is 3. The molecule has 1 heterocycles. The summed E-state index contributed by atoms with van der Waals surface area (Å²) < 4.78 is 5.91. The van der Waals surface area contributed by atoms with Crippen molar-refractivity contribution < 1.29 is 19.4 Å². The Labute approximate surface area is 166 Å². The quantitative estimate of drug-likeness (QED) is 0.739. The summed E-state index contributed by atoms with van der Waals surface area (Å²) in [7, 11) is 0. The summed E-state index contributed by atoms with van der Waals surface area (Å²) in [5.41, 5.74) is 1.88. The Kier molecular flexibility index (Phi) is 5.73. The number of benzene rings is 2. The number of nitrogens with zero attached hydrogens (tertiary/aromatic N) is 1. The van der Waals surface area contributed by atoms with Crippen molar-refractivity contribution in [3.8, 4) is 0 Å². The molecule has 140 valence electrons. The highest BCUT2D eigenvalue weighted by atomic mass is 35.5. The molecule has 1 unspecified atom stereocenters. The molecular formula is C20H17Cl2NO4. The lowest BCUT2D eigenvalue weighted by Crippen LogP contribution is -2.32. The van der Waals surface area contributed by atoms with Crippen molar-refractivity contribution in [1.29, 1.82) is 0 Å². The first-order valence-electron chi connectivity index (χ1n) is 8.39. The van der Waals surface area contributed by atoms with Crippen molar-refractivity contribution in [2.24, 2.45) is 0 Å². The number of fused-ring (bicyclic) bond motifs is 1. The summed E-state index contributed by atoms with van der Waals surface area (Å²) in [6.45, 7) is 2.34. The maximum absolute atomic E-state index is 13.0. The van der Waals surface area contributed by atoms with Crippen LogP contribution in [0.2, 0.25) is 10.0 Å². The van der Waals surface area contributed by atoms with E-state index in [4.69, 9.17) is 27.9 Å². The van der Waals surface area contributed by atoms with Gasteiger partial charge in [0.1, 0.15) is 0 Å². The van der Waals surface area contributed by atoms with Crippen LogP contribution >= 0.6 is 23.2 Å².